The highest BCUT2D eigenvalue weighted by atomic mass is 32.2. The molecule has 0 aliphatic heterocycles. The smallest absolute Gasteiger partial charge is 0.153 e. The number of nitrogens with one attached hydrogen (secondary N) is 1. The van der Waals surface area contributed by atoms with E-state index in [9.17, 15) is 8.42 Å². The van der Waals surface area contributed by atoms with Gasteiger partial charge in [-0.05, 0) is 50.3 Å². The van der Waals surface area contributed by atoms with Crippen LogP contribution in [0.15, 0.2) is 24.3 Å². The van der Waals surface area contributed by atoms with Gasteiger partial charge < -0.3 is 10.1 Å². The molecule has 1 N–H and O–H groups in total. The highest BCUT2D eigenvalue weighted by molar-refractivity contribution is 7.92. The van der Waals surface area contributed by atoms with Gasteiger partial charge in [0.1, 0.15) is 5.75 Å². The molecule has 0 atom stereocenters. The molecular weight excluding hydrogens is 286 g/mol. The van der Waals surface area contributed by atoms with Crippen molar-refractivity contribution >= 4 is 9.84 Å². The molecule has 0 saturated heterocycles. The van der Waals surface area contributed by atoms with Crippen LogP contribution in [0.1, 0.15) is 38.2 Å². The van der Waals surface area contributed by atoms with E-state index in [1.807, 2.05) is 12.1 Å². The van der Waals surface area contributed by atoms with Gasteiger partial charge in [0, 0.05) is 18.8 Å². The number of benzene rings is 1. The zero-order valence-electron chi connectivity index (χ0n) is 13.2. The van der Waals surface area contributed by atoms with Gasteiger partial charge in [-0.2, -0.15) is 0 Å². The molecule has 1 fully saturated rings. The summed E-state index contributed by atoms with van der Waals surface area (Å²) in [5.74, 6) is 1.43. The molecule has 5 heteroatoms. The van der Waals surface area contributed by atoms with E-state index in [2.05, 4.69) is 17.4 Å². The Balaban J connectivity index is 1.84. The highest BCUT2D eigenvalue weighted by Gasteiger charge is 2.34. The van der Waals surface area contributed by atoms with Crippen LogP contribution in [0.2, 0.25) is 0 Å². The second-order valence-electron chi connectivity index (χ2n) is 6.55. The molecule has 1 aliphatic carbocycles. The monoisotopic (exact) mass is 311 g/mol. The molecule has 1 saturated carbocycles. The lowest BCUT2D eigenvalue weighted by molar-refractivity contribution is 0.283. The maximum atomic E-state index is 11.7. The van der Waals surface area contributed by atoms with E-state index in [1.54, 1.807) is 21.0 Å². The van der Waals surface area contributed by atoms with Gasteiger partial charge in [0.05, 0.1) is 11.9 Å². The van der Waals surface area contributed by atoms with Gasteiger partial charge in [-0.25, -0.2) is 8.42 Å². The number of hydrogen-bond acceptors (Lipinski definition) is 4. The summed E-state index contributed by atoms with van der Waals surface area (Å²) in [6.07, 6.45) is 3.40. The summed E-state index contributed by atoms with van der Waals surface area (Å²) in [6, 6.07) is 8.58. The van der Waals surface area contributed by atoms with Crippen molar-refractivity contribution in [2.24, 2.45) is 0 Å². The molecule has 0 aromatic heterocycles. The van der Waals surface area contributed by atoms with Gasteiger partial charge in [-0.15, -0.1) is 0 Å². The number of methoxy groups -OCH3 is 1. The van der Waals surface area contributed by atoms with E-state index >= 15 is 0 Å². The number of rotatable bonds is 6. The van der Waals surface area contributed by atoms with Crippen LogP contribution >= 0.6 is 0 Å². The zero-order chi connectivity index (χ0) is 15.7. The highest BCUT2D eigenvalue weighted by Crippen LogP contribution is 2.38. The molecule has 0 amide bonds. The van der Waals surface area contributed by atoms with Crippen molar-refractivity contribution in [3.8, 4) is 5.75 Å². The average Bonchev–Trinajstić information content (AvgIpc) is 2.35. The van der Waals surface area contributed by atoms with Crippen LogP contribution in [-0.2, 0) is 9.84 Å². The Bertz CT molecular complexity index is 589. The number of hydrogen-bond donors (Lipinski definition) is 1. The van der Waals surface area contributed by atoms with E-state index < -0.39 is 14.6 Å². The minimum absolute atomic E-state index is 0.405. The average molecular weight is 311 g/mol. The summed E-state index contributed by atoms with van der Waals surface area (Å²) in [5, 5.41) is 3.38. The molecule has 1 aliphatic rings. The summed E-state index contributed by atoms with van der Waals surface area (Å²) >= 11 is 0. The summed E-state index contributed by atoms with van der Waals surface area (Å²) in [6.45, 7) is 4.04. The molecule has 0 bridgehead atoms. The van der Waals surface area contributed by atoms with E-state index in [4.69, 9.17) is 4.74 Å². The molecule has 0 radical (unpaired) electrons. The first kappa shape index (κ1) is 16.3. The molecule has 0 heterocycles. The molecule has 118 valence electrons. The van der Waals surface area contributed by atoms with Crippen molar-refractivity contribution in [3.63, 3.8) is 0 Å². The molecular formula is C16H25NO3S. The van der Waals surface area contributed by atoms with Crippen molar-refractivity contribution in [2.45, 2.75) is 43.4 Å². The first-order valence-corrected chi connectivity index (χ1v) is 9.19. The summed E-state index contributed by atoms with van der Waals surface area (Å²) in [5.41, 5.74) is 1.30. The van der Waals surface area contributed by atoms with Gasteiger partial charge in [-0.1, -0.05) is 12.1 Å². The van der Waals surface area contributed by atoms with Crippen LogP contribution in [-0.4, -0.2) is 39.1 Å². The summed E-state index contributed by atoms with van der Waals surface area (Å²) in [7, 11) is -1.36. The third-order valence-corrected chi connectivity index (χ3v) is 6.68. The minimum atomic E-state index is -3.04. The van der Waals surface area contributed by atoms with Gasteiger partial charge >= 0.3 is 0 Å². The van der Waals surface area contributed by atoms with Crippen LogP contribution in [0.4, 0.5) is 0 Å². The molecule has 1 aromatic carbocycles. The first-order valence-electron chi connectivity index (χ1n) is 7.30. The molecule has 0 spiro atoms. The Morgan fingerprint density at radius 3 is 2.57 bits per heavy atom. The van der Waals surface area contributed by atoms with Crippen LogP contribution in [0.25, 0.3) is 0 Å². The third kappa shape index (κ3) is 3.77. The van der Waals surface area contributed by atoms with E-state index in [-0.39, 0.29) is 0 Å². The van der Waals surface area contributed by atoms with E-state index in [0.29, 0.717) is 18.5 Å². The normalized spacial score (nSPS) is 22.7. The van der Waals surface area contributed by atoms with Crippen molar-refractivity contribution < 1.29 is 13.2 Å². The van der Waals surface area contributed by atoms with Crippen LogP contribution in [0.5, 0.6) is 5.75 Å². The van der Waals surface area contributed by atoms with Gasteiger partial charge in [0.25, 0.3) is 0 Å². The number of ether oxygens (including phenoxy) is 1. The van der Waals surface area contributed by atoms with Gasteiger partial charge in [-0.3, -0.25) is 0 Å². The van der Waals surface area contributed by atoms with Gasteiger partial charge in [0.15, 0.2) is 9.84 Å². The largest absolute Gasteiger partial charge is 0.497 e. The summed E-state index contributed by atoms with van der Waals surface area (Å²) < 4.78 is 27.9. The Hall–Kier alpha value is -1.07. The van der Waals surface area contributed by atoms with Crippen LogP contribution in [0.3, 0.4) is 0 Å². The Morgan fingerprint density at radius 2 is 2.00 bits per heavy atom. The van der Waals surface area contributed by atoms with Crippen molar-refractivity contribution in [1.29, 1.82) is 0 Å². The Morgan fingerprint density at radius 1 is 1.33 bits per heavy atom. The fourth-order valence-corrected chi connectivity index (χ4v) is 2.82. The topological polar surface area (TPSA) is 55.4 Å². The maximum Gasteiger partial charge on any atom is 0.153 e. The molecule has 4 nitrogen and oxygen atoms in total. The van der Waals surface area contributed by atoms with E-state index in [0.717, 1.165) is 18.6 Å². The van der Waals surface area contributed by atoms with Gasteiger partial charge in [0.2, 0.25) is 0 Å². The quantitative estimate of drug-likeness (QED) is 0.876. The third-order valence-electron chi connectivity index (χ3n) is 4.52. The zero-order valence-corrected chi connectivity index (χ0v) is 14.0. The Kier molecular flexibility index (Phi) is 4.63. The van der Waals surface area contributed by atoms with E-state index in [1.165, 1.54) is 11.8 Å². The lowest BCUT2D eigenvalue weighted by atomic mass is 9.75. The Labute approximate surface area is 127 Å². The van der Waals surface area contributed by atoms with Crippen molar-refractivity contribution in [2.75, 3.05) is 19.9 Å². The lowest BCUT2D eigenvalue weighted by Crippen LogP contribution is -2.49. The fraction of sp³-hybridized carbons (Fsp3) is 0.625. The molecule has 0 unspecified atom stereocenters. The standard InChI is InChI=1S/C16H25NO3S/c1-16(2,21(4,18)19)11-17-14-8-13(9-14)12-6-5-7-15(10-12)20-3/h5-7,10,13-14,17H,8-9,11H2,1-4H3. The first-order chi connectivity index (χ1) is 9.73. The predicted octanol–water partition coefficient (Wildman–Crippen LogP) is 2.35. The second kappa shape index (κ2) is 5.97. The number of sulfone groups is 1. The lowest BCUT2D eigenvalue weighted by Gasteiger charge is -2.38. The minimum Gasteiger partial charge on any atom is -0.497 e. The van der Waals surface area contributed by atoms with Crippen molar-refractivity contribution in [1.82, 2.24) is 5.32 Å². The van der Waals surface area contributed by atoms with Crippen LogP contribution in [0, 0.1) is 0 Å². The van der Waals surface area contributed by atoms with Crippen LogP contribution < -0.4 is 10.1 Å². The van der Waals surface area contributed by atoms with Crippen molar-refractivity contribution in [3.05, 3.63) is 29.8 Å². The summed E-state index contributed by atoms with van der Waals surface area (Å²) in [4.78, 5) is 0. The maximum absolute atomic E-state index is 11.7. The SMILES string of the molecule is COc1cccc(C2CC(NCC(C)(C)S(C)(=O)=O)C2)c1. The molecule has 21 heavy (non-hydrogen) atoms. The fourth-order valence-electron chi connectivity index (χ4n) is 2.47. The second-order valence-corrected chi connectivity index (χ2v) is 9.20. The molecule has 2 rings (SSSR count). The predicted molar refractivity (Wildman–Crippen MR) is 85.7 cm³/mol. The molecule has 1 aromatic rings.